The van der Waals surface area contributed by atoms with Gasteiger partial charge in [0, 0.05) is 24.5 Å². The summed E-state index contributed by atoms with van der Waals surface area (Å²) >= 11 is 0. The third-order valence-electron chi connectivity index (χ3n) is 4.79. The zero-order chi connectivity index (χ0) is 20.7. The maximum Gasteiger partial charge on any atom is 0.243 e. The Morgan fingerprint density at radius 3 is 2.34 bits per heavy atom. The Balaban J connectivity index is 1.61. The van der Waals surface area contributed by atoms with E-state index in [1.165, 1.54) is 0 Å². The fourth-order valence-electron chi connectivity index (χ4n) is 3.21. The predicted molar refractivity (Wildman–Crippen MR) is 112 cm³/mol. The van der Waals surface area contributed by atoms with E-state index in [4.69, 9.17) is 5.26 Å². The maximum absolute atomic E-state index is 12.9. The van der Waals surface area contributed by atoms with E-state index in [0.29, 0.717) is 30.0 Å². The van der Waals surface area contributed by atoms with Crippen molar-refractivity contribution in [3.8, 4) is 6.07 Å². The van der Waals surface area contributed by atoms with Crippen molar-refractivity contribution in [2.75, 3.05) is 30.3 Å². The van der Waals surface area contributed by atoms with E-state index in [-0.39, 0.29) is 17.3 Å². The lowest BCUT2D eigenvalue weighted by Gasteiger charge is -2.20. The Morgan fingerprint density at radius 1 is 1.00 bits per heavy atom. The van der Waals surface area contributed by atoms with E-state index in [1.54, 1.807) is 52.8 Å². The number of carbonyl (C=O) groups is 1. The molecule has 1 fully saturated rings. The molecule has 1 aliphatic heterocycles. The molecule has 0 saturated carbocycles. The zero-order valence-electron chi connectivity index (χ0n) is 16.1. The van der Waals surface area contributed by atoms with Crippen LogP contribution < -0.4 is 10.6 Å². The quantitative estimate of drug-likeness (QED) is 0.759. The molecule has 2 aromatic rings. The Labute approximate surface area is 171 Å². The van der Waals surface area contributed by atoms with Crippen LogP contribution >= 0.6 is 0 Å². The summed E-state index contributed by atoms with van der Waals surface area (Å²) in [4.78, 5) is 12.4. The van der Waals surface area contributed by atoms with Gasteiger partial charge in [0.15, 0.2) is 0 Å². The molecule has 2 N–H and O–H groups in total. The van der Waals surface area contributed by atoms with Crippen molar-refractivity contribution in [1.29, 1.82) is 5.26 Å². The summed E-state index contributed by atoms with van der Waals surface area (Å²) in [6.07, 6.45) is 3.88. The number of nitriles is 1. The predicted octanol–water partition coefficient (Wildman–Crippen LogP) is 3.17. The lowest BCUT2D eigenvalue weighted by atomic mass is 10.2. The Kier molecular flexibility index (Phi) is 6.86. The van der Waals surface area contributed by atoms with E-state index in [9.17, 15) is 13.2 Å². The summed E-state index contributed by atoms with van der Waals surface area (Å²) in [7, 11) is -3.54. The van der Waals surface area contributed by atoms with Crippen molar-refractivity contribution < 1.29 is 13.2 Å². The molecule has 2 aromatic carbocycles. The normalized spacial score (nSPS) is 15.1. The number of rotatable bonds is 6. The van der Waals surface area contributed by atoms with Crippen molar-refractivity contribution in [3.05, 3.63) is 54.1 Å². The number of nitrogens with zero attached hydrogens (tertiary/aromatic N) is 2. The number of sulfonamides is 1. The van der Waals surface area contributed by atoms with Crippen LogP contribution in [0.2, 0.25) is 0 Å². The first-order valence-corrected chi connectivity index (χ1v) is 11.1. The van der Waals surface area contributed by atoms with Gasteiger partial charge in [-0.1, -0.05) is 18.9 Å². The standard InChI is InChI=1S/C21H24N4O3S/c22-15-17-8-10-18(11-9-17)24-21(26)16-23-19-6-5-7-20(14-19)29(27,28)25-12-3-1-2-4-13-25/h5-11,14,23H,1-4,12-13,16H2,(H,24,26). The average molecular weight is 413 g/mol. The largest absolute Gasteiger partial charge is 0.376 e. The van der Waals surface area contributed by atoms with Crippen LogP contribution in [0.5, 0.6) is 0 Å². The van der Waals surface area contributed by atoms with Gasteiger partial charge in [0.1, 0.15) is 0 Å². The van der Waals surface area contributed by atoms with Crippen LogP contribution in [-0.4, -0.2) is 38.3 Å². The highest BCUT2D eigenvalue weighted by Crippen LogP contribution is 2.22. The van der Waals surface area contributed by atoms with E-state index < -0.39 is 10.0 Å². The highest BCUT2D eigenvalue weighted by molar-refractivity contribution is 7.89. The molecule has 0 aromatic heterocycles. The van der Waals surface area contributed by atoms with Crippen LogP contribution in [-0.2, 0) is 14.8 Å². The summed E-state index contributed by atoms with van der Waals surface area (Å²) in [6.45, 7) is 1.09. The number of benzene rings is 2. The minimum atomic E-state index is -3.54. The van der Waals surface area contributed by atoms with Gasteiger partial charge in [0.05, 0.1) is 23.1 Å². The third kappa shape index (κ3) is 5.56. The summed E-state index contributed by atoms with van der Waals surface area (Å²) in [5, 5.41) is 14.5. The number of anilines is 2. The van der Waals surface area contributed by atoms with Crippen LogP contribution in [0.15, 0.2) is 53.4 Å². The molecule has 1 heterocycles. The molecule has 0 bridgehead atoms. The molecular weight excluding hydrogens is 388 g/mol. The van der Waals surface area contributed by atoms with Crippen LogP contribution in [0.4, 0.5) is 11.4 Å². The highest BCUT2D eigenvalue weighted by Gasteiger charge is 2.25. The number of hydrogen-bond acceptors (Lipinski definition) is 5. The zero-order valence-corrected chi connectivity index (χ0v) is 16.9. The Hall–Kier alpha value is -2.89. The molecule has 1 aliphatic rings. The summed E-state index contributed by atoms with van der Waals surface area (Å²) in [5.41, 5.74) is 1.67. The molecule has 1 saturated heterocycles. The van der Waals surface area contributed by atoms with Crippen LogP contribution in [0.25, 0.3) is 0 Å². The Bertz CT molecular complexity index is 989. The first-order chi connectivity index (χ1) is 14.0. The smallest absolute Gasteiger partial charge is 0.243 e. The van der Waals surface area contributed by atoms with Crippen molar-refractivity contribution in [2.24, 2.45) is 0 Å². The lowest BCUT2D eigenvalue weighted by Crippen LogP contribution is -2.32. The van der Waals surface area contributed by atoms with Gasteiger partial charge in [0.25, 0.3) is 0 Å². The molecule has 29 heavy (non-hydrogen) atoms. The van der Waals surface area contributed by atoms with Crippen molar-refractivity contribution in [2.45, 2.75) is 30.6 Å². The van der Waals surface area contributed by atoms with Gasteiger partial charge in [-0.2, -0.15) is 9.57 Å². The molecule has 0 atom stereocenters. The van der Waals surface area contributed by atoms with E-state index in [2.05, 4.69) is 10.6 Å². The fraction of sp³-hybridized carbons (Fsp3) is 0.333. The molecule has 0 spiro atoms. The maximum atomic E-state index is 12.9. The van der Waals surface area contributed by atoms with Crippen molar-refractivity contribution in [1.82, 2.24) is 4.31 Å². The summed E-state index contributed by atoms with van der Waals surface area (Å²) in [5.74, 6) is -0.268. The number of amides is 1. The molecule has 3 rings (SSSR count). The fourth-order valence-corrected chi connectivity index (χ4v) is 4.78. The van der Waals surface area contributed by atoms with E-state index in [0.717, 1.165) is 25.7 Å². The molecule has 7 nitrogen and oxygen atoms in total. The number of nitrogens with one attached hydrogen (secondary N) is 2. The Morgan fingerprint density at radius 2 is 1.69 bits per heavy atom. The second kappa shape index (κ2) is 9.54. The van der Waals surface area contributed by atoms with Gasteiger partial charge in [-0.15, -0.1) is 0 Å². The highest BCUT2D eigenvalue weighted by atomic mass is 32.2. The summed E-state index contributed by atoms with van der Waals surface area (Å²) in [6, 6.07) is 15.1. The third-order valence-corrected chi connectivity index (χ3v) is 6.68. The van der Waals surface area contributed by atoms with Gasteiger partial charge in [-0.25, -0.2) is 8.42 Å². The molecule has 0 radical (unpaired) electrons. The molecule has 152 valence electrons. The van der Waals surface area contributed by atoms with Gasteiger partial charge < -0.3 is 10.6 Å². The lowest BCUT2D eigenvalue weighted by molar-refractivity contribution is -0.114. The average Bonchev–Trinajstić information content (AvgIpc) is 3.03. The number of carbonyl (C=O) groups excluding carboxylic acids is 1. The first kappa shape index (κ1) is 20.8. The molecule has 8 heteroatoms. The van der Waals surface area contributed by atoms with Crippen molar-refractivity contribution in [3.63, 3.8) is 0 Å². The summed E-state index contributed by atoms with van der Waals surface area (Å²) < 4.78 is 27.4. The van der Waals surface area contributed by atoms with Crippen LogP contribution in [0.3, 0.4) is 0 Å². The topological polar surface area (TPSA) is 102 Å². The van der Waals surface area contributed by atoms with Crippen LogP contribution in [0.1, 0.15) is 31.2 Å². The van der Waals surface area contributed by atoms with Gasteiger partial charge in [-0.3, -0.25) is 4.79 Å². The molecular formula is C21H24N4O3S. The number of hydrogen-bond donors (Lipinski definition) is 2. The minimum Gasteiger partial charge on any atom is -0.376 e. The second-order valence-electron chi connectivity index (χ2n) is 6.94. The van der Waals surface area contributed by atoms with E-state index >= 15 is 0 Å². The first-order valence-electron chi connectivity index (χ1n) is 9.63. The van der Waals surface area contributed by atoms with Gasteiger partial charge >= 0.3 is 0 Å². The molecule has 0 unspecified atom stereocenters. The minimum absolute atomic E-state index is 0.00673. The van der Waals surface area contributed by atoms with Gasteiger partial charge in [-0.05, 0) is 55.3 Å². The van der Waals surface area contributed by atoms with E-state index in [1.807, 2.05) is 6.07 Å². The monoisotopic (exact) mass is 412 g/mol. The van der Waals surface area contributed by atoms with Gasteiger partial charge in [0.2, 0.25) is 15.9 Å². The van der Waals surface area contributed by atoms with Crippen molar-refractivity contribution >= 4 is 27.3 Å². The van der Waals surface area contributed by atoms with Crippen LogP contribution in [0, 0.1) is 11.3 Å². The molecule has 0 aliphatic carbocycles. The second-order valence-corrected chi connectivity index (χ2v) is 8.87. The SMILES string of the molecule is N#Cc1ccc(NC(=O)CNc2cccc(S(=O)(=O)N3CCCCCC3)c2)cc1. The molecule has 1 amide bonds.